The van der Waals surface area contributed by atoms with Crippen LogP contribution in [-0.2, 0) is 0 Å². The van der Waals surface area contributed by atoms with Gasteiger partial charge in [-0.15, -0.1) is 0 Å². The third kappa shape index (κ3) is 7.07. The molecule has 0 unspecified atom stereocenters. The van der Waals surface area contributed by atoms with Crippen LogP contribution < -0.4 is 0 Å². The zero-order chi connectivity index (χ0) is 9.56. The molecular weight excluding hydrogens is 178 g/mol. The van der Waals surface area contributed by atoms with Gasteiger partial charge in [0.2, 0.25) is 0 Å². The summed E-state index contributed by atoms with van der Waals surface area (Å²) in [4.78, 5) is 0. The maximum absolute atomic E-state index is 2.62. The molecule has 0 aliphatic rings. The second-order valence-electron chi connectivity index (χ2n) is 4.05. The molecule has 0 amide bonds. The topological polar surface area (TPSA) is 3.24 Å². The zero-order valence-corrected chi connectivity index (χ0v) is 11.0. The summed E-state index contributed by atoms with van der Waals surface area (Å²) in [5, 5.41) is 0. The molecule has 1 nitrogen and oxygen atoms in total. The molecule has 4 radical (unpaired) electrons. The van der Waals surface area contributed by atoms with Crippen molar-refractivity contribution in [1.29, 1.82) is 0 Å². The number of hydrogen-bond donors (Lipinski definition) is 0. The van der Waals surface area contributed by atoms with Crippen LogP contribution in [0.2, 0.25) is 6.55 Å². The van der Waals surface area contributed by atoms with Crippen molar-refractivity contribution in [2.75, 3.05) is 13.1 Å². The number of hydrogen-bond acceptors (Lipinski definition) is 1. The standard InChI is InChI=1S/C9H21NSi2/c1-8(2)6-10(12-11-5)7-9(3)4/h8-9H,6-7H2,1-5H3. The molecule has 0 heterocycles. The molecule has 0 atom stereocenters. The minimum atomic E-state index is 0.813. The molecule has 0 aliphatic heterocycles. The molecule has 70 valence electrons. The van der Waals surface area contributed by atoms with Crippen molar-refractivity contribution in [3.05, 3.63) is 0 Å². The highest BCUT2D eigenvalue weighted by molar-refractivity contribution is 6.98. The van der Waals surface area contributed by atoms with Gasteiger partial charge in [0.05, 0.1) is 0 Å². The van der Waals surface area contributed by atoms with E-state index in [1.807, 2.05) is 0 Å². The van der Waals surface area contributed by atoms with E-state index in [1.54, 1.807) is 0 Å². The van der Waals surface area contributed by atoms with Gasteiger partial charge in [-0.3, -0.25) is 0 Å². The number of rotatable bonds is 6. The average molecular weight is 199 g/mol. The molecule has 0 saturated heterocycles. The van der Waals surface area contributed by atoms with E-state index < -0.39 is 0 Å². The van der Waals surface area contributed by atoms with Gasteiger partial charge in [0.15, 0.2) is 0 Å². The van der Waals surface area contributed by atoms with Crippen molar-refractivity contribution >= 4 is 18.2 Å². The smallest absolute Gasteiger partial charge is 0.120 e. The Kier molecular flexibility index (Phi) is 7.09. The maximum Gasteiger partial charge on any atom is 0.120 e. The lowest BCUT2D eigenvalue weighted by atomic mass is 10.2. The van der Waals surface area contributed by atoms with Gasteiger partial charge < -0.3 is 4.57 Å². The molecule has 0 rings (SSSR count). The Hall–Kier alpha value is 0.394. The van der Waals surface area contributed by atoms with Crippen LogP contribution in [0, 0.1) is 11.8 Å². The van der Waals surface area contributed by atoms with Gasteiger partial charge in [-0.25, -0.2) is 0 Å². The first-order valence-electron chi connectivity index (χ1n) is 4.73. The van der Waals surface area contributed by atoms with Crippen LogP contribution in [0.25, 0.3) is 0 Å². The van der Waals surface area contributed by atoms with Crippen LogP contribution >= 0.6 is 0 Å². The summed E-state index contributed by atoms with van der Waals surface area (Å²) < 4.78 is 2.62. The highest BCUT2D eigenvalue weighted by Crippen LogP contribution is 2.01. The fourth-order valence-electron chi connectivity index (χ4n) is 1.21. The molecule has 0 N–H and O–H groups in total. The molecule has 3 heteroatoms. The van der Waals surface area contributed by atoms with E-state index in [2.05, 4.69) is 38.8 Å². The van der Waals surface area contributed by atoms with E-state index in [9.17, 15) is 0 Å². The minimum absolute atomic E-state index is 0.813. The molecular formula is C9H21NSi2. The first-order valence-corrected chi connectivity index (χ1v) is 8.18. The van der Waals surface area contributed by atoms with Gasteiger partial charge in [-0.1, -0.05) is 34.2 Å². The number of nitrogens with zero attached hydrogens (tertiary/aromatic N) is 1. The molecule has 0 spiro atoms. The SMILES string of the molecule is C[Si][Si]N(CC(C)C)CC(C)C. The molecule has 0 fully saturated rings. The molecule has 0 saturated carbocycles. The maximum atomic E-state index is 2.62. The highest BCUT2D eigenvalue weighted by atomic mass is 29.1. The van der Waals surface area contributed by atoms with Crippen molar-refractivity contribution in [2.24, 2.45) is 11.8 Å². The van der Waals surface area contributed by atoms with E-state index in [0.717, 1.165) is 30.1 Å². The van der Waals surface area contributed by atoms with Crippen molar-refractivity contribution in [3.63, 3.8) is 0 Å². The lowest BCUT2D eigenvalue weighted by molar-refractivity contribution is 0.349. The summed E-state index contributed by atoms with van der Waals surface area (Å²) in [6.45, 7) is 14.1. The van der Waals surface area contributed by atoms with Crippen LogP contribution in [0.3, 0.4) is 0 Å². The Labute approximate surface area is 82.4 Å². The van der Waals surface area contributed by atoms with Crippen molar-refractivity contribution in [2.45, 2.75) is 34.2 Å². The van der Waals surface area contributed by atoms with Crippen LogP contribution in [0.5, 0.6) is 0 Å². The Morgan fingerprint density at radius 3 is 1.67 bits per heavy atom. The van der Waals surface area contributed by atoms with E-state index >= 15 is 0 Å². The first kappa shape index (κ1) is 12.4. The summed E-state index contributed by atoms with van der Waals surface area (Å²) in [7, 11) is 2.14. The van der Waals surface area contributed by atoms with Crippen LogP contribution in [-0.4, -0.2) is 35.9 Å². The summed E-state index contributed by atoms with van der Waals surface area (Å²) in [5.41, 5.74) is 0. The quantitative estimate of drug-likeness (QED) is 0.591. The molecule has 0 aromatic rings. The summed E-state index contributed by atoms with van der Waals surface area (Å²) in [6, 6.07) is 0. The molecule has 0 aromatic carbocycles. The molecule has 0 aromatic heterocycles. The predicted octanol–water partition coefficient (Wildman–Crippen LogP) is 1.89. The van der Waals surface area contributed by atoms with Crippen LogP contribution in [0.4, 0.5) is 0 Å². The fourth-order valence-corrected chi connectivity index (χ4v) is 3.93. The van der Waals surface area contributed by atoms with Crippen LogP contribution in [0.1, 0.15) is 27.7 Å². The van der Waals surface area contributed by atoms with Gasteiger partial charge in [0.25, 0.3) is 0 Å². The largest absolute Gasteiger partial charge is 0.328 e. The lowest BCUT2D eigenvalue weighted by Crippen LogP contribution is -2.36. The Balaban J connectivity index is 3.69. The Morgan fingerprint density at radius 2 is 1.42 bits per heavy atom. The highest BCUT2D eigenvalue weighted by Gasteiger charge is 2.08. The lowest BCUT2D eigenvalue weighted by Gasteiger charge is -2.24. The van der Waals surface area contributed by atoms with Crippen molar-refractivity contribution in [1.82, 2.24) is 4.57 Å². The van der Waals surface area contributed by atoms with Gasteiger partial charge in [-0.2, -0.15) is 0 Å². The molecule has 0 aliphatic carbocycles. The van der Waals surface area contributed by atoms with Crippen molar-refractivity contribution in [3.8, 4) is 0 Å². The first-order chi connectivity index (χ1) is 5.56. The zero-order valence-electron chi connectivity index (χ0n) is 9.02. The van der Waals surface area contributed by atoms with Gasteiger partial charge >= 0.3 is 0 Å². The van der Waals surface area contributed by atoms with E-state index in [4.69, 9.17) is 0 Å². The predicted molar refractivity (Wildman–Crippen MR) is 58.6 cm³/mol. The average Bonchev–Trinajstić information content (AvgIpc) is 1.84. The van der Waals surface area contributed by atoms with E-state index in [0.29, 0.717) is 0 Å². The molecule has 0 bridgehead atoms. The Morgan fingerprint density at radius 1 is 1.00 bits per heavy atom. The van der Waals surface area contributed by atoms with E-state index in [1.165, 1.54) is 13.1 Å². The third-order valence-corrected chi connectivity index (χ3v) is 3.97. The van der Waals surface area contributed by atoms with Gasteiger partial charge in [0.1, 0.15) is 9.20 Å². The monoisotopic (exact) mass is 199 g/mol. The van der Waals surface area contributed by atoms with E-state index in [-0.39, 0.29) is 0 Å². The van der Waals surface area contributed by atoms with Crippen molar-refractivity contribution < 1.29 is 0 Å². The van der Waals surface area contributed by atoms with Gasteiger partial charge in [-0.05, 0) is 24.9 Å². The normalized spacial score (nSPS) is 12.0. The van der Waals surface area contributed by atoms with Crippen LogP contribution in [0.15, 0.2) is 0 Å². The molecule has 12 heavy (non-hydrogen) atoms. The fraction of sp³-hybridized carbons (Fsp3) is 1.00. The summed E-state index contributed by atoms with van der Waals surface area (Å²) in [5.74, 6) is 1.63. The van der Waals surface area contributed by atoms with Gasteiger partial charge in [0, 0.05) is 9.04 Å². The summed E-state index contributed by atoms with van der Waals surface area (Å²) in [6.07, 6.45) is 0. The minimum Gasteiger partial charge on any atom is -0.328 e. The third-order valence-electron chi connectivity index (χ3n) is 1.44. The Bertz CT molecular complexity index is 94.7. The summed E-state index contributed by atoms with van der Waals surface area (Å²) >= 11 is 0. The second kappa shape index (κ2) is 6.86. The second-order valence-corrected chi connectivity index (χ2v) is 7.58.